The molecule has 2 rings (SSSR count). The number of hydrogen-bond donors (Lipinski definition) is 2. The normalized spacial score (nSPS) is 11.2. The molecular formula is C14H18N4O2S. The number of aromatic nitrogens is 2. The lowest BCUT2D eigenvalue weighted by molar-refractivity contribution is 0.102. The first-order chi connectivity index (χ1) is 9.82. The lowest BCUT2D eigenvalue weighted by Crippen LogP contribution is -2.19. The Labute approximate surface area is 127 Å². The predicted octanol–water partition coefficient (Wildman–Crippen LogP) is 2.68. The first kappa shape index (κ1) is 15.2. The van der Waals surface area contributed by atoms with Crippen molar-refractivity contribution >= 4 is 28.8 Å². The average molecular weight is 306 g/mol. The van der Waals surface area contributed by atoms with Crippen LogP contribution < -0.4 is 15.8 Å². The van der Waals surface area contributed by atoms with Crippen molar-refractivity contribution in [3.05, 3.63) is 28.8 Å². The molecule has 3 N–H and O–H groups in total. The maximum absolute atomic E-state index is 12.4. The van der Waals surface area contributed by atoms with Gasteiger partial charge in [-0.15, -0.1) is 5.10 Å². The Morgan fingerprint density at radius 2 is 2.10 bits per heavy atom. The van der Waals surface area contributed by atoms with Crippen LogP contribution >= 0.6 is 11.5 Å². The first-order valence-corrected chi connectivity index (χ1v) is 7.18. The van der Waals surface area contributed by atoms with Gasteiger partial charge in [0.2, 0.25) is 0 Å². The molecule has 1 heterocycles. The Bertz CT molecular complexity index is 661. The molecule has 0 atom stereocenters. The summed E-state index contributed by atoms with van der Waals surface area (Å²) in [5.41, 5.74) is 7.33. The molecule has 0 unspecified atom stereocenters. The van der Waals surface area contributed by atoms with E-state index >= 15 is 0 Å². The van der Waals surface area contributed by atoms with Gasteiger partial charge < -0.3 is 15.8 Å². The Kier molecular flexibility index (Phi) is 4.13. The summed E-state index contributed by atoms with van der Waals surface area (Å²) in [5, 5.41) is 6.88. The lowest BCUT2D eigenvalue weighted by atomic mass is 9.91. The number of carbonyl (C=O) groups excluding carboxylic acids is 1. The topological polar surface area (TPSA) is 90.1 Å². The van der Waals surface area contributed by atoms with E-state index in [9.17, 15) is 4.79 Å². The summed E-state index contributed by atoms with van der Waals surface area (Å²) < 4.78 is 9.02. The van der Waals surface area contributed by atoms with Crippen LogP contribution in [0.2, 0.25) is 0 Å². The molecule has 0 radical (unpaired) electrons. The fourth-order valence-electron chi connectivity index (χ4n) is 1.81. The van der Waals surface area contributed by atoms with Crippen LogP contribution in [0.5, 0.6) is 5.75 Å². The predicted molar refractivity (Wildman–Crippen MR) is 84.0 cm³/mol. The van der Waals surface area contributed by atoms with Crippen LogP contribution in [0, 0.1) is 0 Å². The summed E-state index contributed by atoms with van der Waals surface area (Å²) in [5.74, 6) is 0.285. The quantitative estimate of drug-likeness (QED) is 0.851. The molecule has 0 bridgehead atoms. The number of nitrogens with two attached hydrogens (primary N) is 1. The van der Waals surface area contributed by atoms with Crippen LogP contribution in [0.25, 0.3) is 0 Å². The van der Waals surface area contributed by atoms with Gasteiger partial charge >= 0.3 is 0 Å². The second-order valence-corrected chi connectivity index (χ2v) is 6.37. The number of nitrogen functional groups attached to an aromatic ring is 1. The molecule has 0 aliphatic heterocycles. The summed E-state index contributed by atoms with van der Waals surface area (Å²) in [6.07, 6.45) is 0. The average Bonchev–Trinajstić information content (AvgIpc) is 2.90. The van der Waals surface area contributed by atoms with Crippen molar-refractivity contribution in [3.63, 3.8) is 0 Å². The van der Waals surface area contributed by atoms with E-state index in [1.165, 1.54) is 7.11 Å². The van der Waals surface area contributed by atoms with Gasteiger partial charge in [-0.3, -0.25) is 4.79 Å². The van der Waals surface area contributed by atoms with Gasteiger partial charge in [0.25, 0.3) is 5.91 Å². The maximum Gasteiger partial charge on any atom is 0.269 e. The number of methoxy groups -OCH3 is 1. The summed E-state index contributed by atoms with van der Waals surface area (Å²) in [6.45, 7) is 5.98. The molecule has 0 spiro atoms. The number of hydrogen-bond acceptors (Lipinski definition) is 6. The van der Waals surface area contributed by atoms with Gasteiger partial charge in [0.15, 0.2) is 0 Å². The van der Waals surface area contributed by atoms with Gasteiger partial charge in [-0.2, -0.15) is 0 Å². The van der Waals surface area contributed by atoms with Crippen molar-refractivity contribution in [2.24, 2.45) is 0 Å². The van der Waals surface area contributed by atoms with Gasteiger partial charge in [0, 0.05) is 17.2 Å². The molecule has 1 aromatic heterocycles. The second kappa shape index (κ2) is 5.69. The van der Waals surface area contributed by atoms with Crippen LogP contribution in [0.1, 0.15) is 36.1 Å². The Balaban J connectivity index is 2.25. The van der Waals surface area contributed by atoms with E-state index in [0.717, 1.165) is 11.5 Å². The van der Waals surface area contributed by atoms with E-state index in [4.69, 9.17) is 10.5 Å². The Hall–Kier alpha value is -2.15. The maximum atomic E-state index is 12.4. The van der Waals surface area contributed by atoms with Gasteiger partial charge in [-0.25, -0.2) is 0 Å². The highest BCUT2D eigenvalue weighted by atomic mass is 32.1. The zero-order chi connectivity index (χ0) is 15.6. The molecule has 0 fully saturated rings. The van der Waals surface area contributed by atoms with E-state index in [0.29, 0.717) is 27.7 Å². The summed E-state index contributed by atoms with van der Waals surface area (Å²) in [7, 11) is 1.53. The number of nitrogens with one attached hydrogen (secondary N) is 1. The minimum atomic E-state index is -0.238. The third-order valence-corrected chi connectivity index (χ3v) is 3.62. The standard InChI is InChI=1S/C14H18N4O2S/c1-14(2,3)12-11(21-18-17-12)13(19)16-8-5-6-9(15)10(7-8)20-4/h5-7H,15H2,1-4H3,(H,16,19). The van der Waals surface area contributed by atoms with Crippen molar-refractivity contribution in [3.8, 4) is 5.75 Å². The third-order valence-electron chi connectivity index (χ3n) is 2.90. The largest absolute Gasteiger partial charge is 0.495 e. The van der Waals surface area contributed by atoms with E-state index < -0.39 is 0 Å². The molecule has 0 aliphatic rings. The van der Waals surface area contributed by atoms with Crippen LogP contribution in [-0.4, -0.2) is 22.6 Å². The summed E-state index contributed by atoms with van der Waals surface area (Å²) >= 11 is 1.09. The minimum absolute atomic E-state index is 0.234. The molecule has 1 aromatic carbocycles. The number of carbonyl (C=O) groups is 1. The zero-order valence-electron chi connectivity index (χ0n) is 12.4. The van der Waals surface area contributed by atoms with Gasteiger partial charge in [0.1, 0.15) is 10.6 Å². The Morgan fingerprint density at radius 3 is 2.71 bits per heavy atom. The highest BCUT2D eigenvalue weighted by molar-refractivity contribution is 7.08. The van der Waals surface area contributed by atoms with Crippen LogP contribution in [0.4, 0.5) is 11.4 Å². The number of benzene rings is 1. The molecule has 1 amide bonds. The number of nitrogens with zero attached hydrogens (tertiary/aromatic N) is 2. The first-order valence-electron chi connectivity index (χ1n) is 6.40. The highest BCUT2D eigenvalue weighted by Crippen LogP contribution is 2.28. The van der Waals surface area contributed by atoms with Crippen molar-refractivity contribution in [1.29, 1.82) is 0 Å². The number of rotatable bonds is 3. The fourth-order valence-corrected chi connectivity index (χ4v) is 2.58. The van der Waals surface area contributed by atoms with Gasteiger partial charge in [0.05, 0.1) is 18.5 Å². The third kappa shape index (κ3) is 3.30. The van der Waals surface area contributed by atoms with Crippen molar-refractivity contribution in [2.45, 2.75) is 26.2 Å². The minimum Gasteiger partial charge on any atom is -0.495 e. The molecule has 0 saturated carbocycles. The molecule has 0 saturated heterocycles. The molecule has 112 valence electrons. The number of amides is 1. The van der Waals surface area contributed by atoms with Gasteiger partial charge in [-0.1, -0.05) is 25.3 Å². The van der Waals surface area contributed by atoms with E-state index in [1.807, 2.05) is 20.8 Å². The smallest absolute Gasteiger partial charge is 0.269 e. The van der Waals surface area contributed by atoms with Crippen molar-refractivity contribution in [1.82, 2.24) is 9.59 Å². The van der Waals surface area contributed by atoms with Crippen LogP contribution in [0.15, 0.2) is 18.2 Å². The van der Waals surface area contributed by atoms with Crippen LogP contribution in [-0.2, 0) is 5.41 Å². The molecular weight excluding hydrogens is 288 g/mol. The number of anilines is 2. The van der Waals surface area contributed by atoms with E-state index in [2.05, 4.69) is 14.9 Å². The van der Waals surface area contributed by atoms with Crippen molar-refractivity contribution < 1.29 is 9.53 Å². The van der Waals surface area contributed by atoms with E-state index in [-0.39, 0.29) is 11.3 Å². The van der Waals surface area contributed by atoms with Gasteiger partial charge in [-0.05, 0) is 23.7 Å². The highest BCUT2D eigenvalue weighted by Gasteiger charge is 2.26. The molecule has 0 aliphatic carbocycles. The molecule has 7 heteroatoms. The molecule has 6 nitrogen and oxygen atoms in total. The number of ether oxygens (including phenoxy) is 1. The molecule has 21 heavy (non-hydrogen) atoms. The van der Waals surface area contributed by atoms with E-state index in [1.54, 1.807) is 18.2 Å². The fraction of sp³-hybridized carbons (Fsp3) is 0.357. The summed E-state index contributed by atoms with van der Waals surface area (Å²) in [4.78, 5) is 12.9. The monoisotopic (exact) mass is 306 g/mol. The van der Waals surface area contributed by atoms with Crippen molar-refractivity contribution in [2.75, 3.05) is 18.2 Å². The lowest BCUT2D eigenvalue weighted by Gasteiger charge is -2.16. The summed E-state index contributed by atoms with van der Waals surface area (Å²) in [6, 6.07) is 5.09. The SMILES string of the molecule is COc1cc(NC(=O)c2snnc2C(C)(C)C)ccc1N. The Morgan fingerprint density at radius 1 is 1.38 bits per heavy atom. The zero-order valence-corrected chi connectivity index (χ0v) is 13.2. The molecule has 2 aromatic rings. The van der Waals surface area contributed by atoms with Crippen LogP contribution in [0.3, 0.4) is 0 Å². The second-order valence-electron chi connectivity index (χ2n) is 5.61.